The van der Waals surface area contributed by atoms with Crippen molar-refractivity contribution in [3.8, 4) is 0 Å². The quantitative estimate of drug-likeness (QED) is 0.615. The number of hydrogen-bond acceptors (Lipinski definition) is 1. The second-order valence-electron chi connectivity index (χ2n) is 5.31. The van der Waals surface area contributed by atoms with E-state index >= 15 is 0 Å². The first-order valence-electron chi connectivity index (χ1n) is 4.57. The van der Waals surface area contributed by atoms with E-state index in [1.54, 1.807) is 18.9 Å². The Kier molecular flexibility index (Phi) is 4.27. The summed E-state index contributed by atoms with van der Waals surface area (Å²) in [6.07, 6.45) is 0. The molecule has 0 aliphatic carbocycles. The van der Waals surface area contributed by atoms with Gasteiger partial charge in [0, 0.05) is 0 Å². The zero-order valence-electron chi connectivity index (χ0n) is 8.64. The molecule has 4 heteroatoms. The van der Waals surface area contributed by atoms with E-state index in [1.807, 2.05) is 0 Å². The van der Waals surface area contributed by atoms with E-state index in [0.29, 0.717) is 20.9 Å². The summed E-state index contributed by atoms with van der Waals surface area (Å²) in [5.74, 6) is 0. The normalized spacial score (nSPS) is 29.0. The van der Waals surface area contributed by atoms with Crippen molar-refractivity contribution in [3.05, 3.63) is 0 Å². The van der Waals surface area contributed by atoms with Gasteiger partial charge in [-0.25, -0.2) is 0 Å². The molecule has 0 saturated carbocycles. The predicted molar refractivity (Wildman–Crippen MR) is 67.7 cm³/mol. The van der Waals surface area contributed by atoms with Gasteiger partial charge in [0.05, 0.1) is 0 Å². The molecule has 72 valence electrons. The molecule has 0 spiro atoms. The fourth-order valence-electron chi connectivity index (χ4n) is 1.29. The summed E-state index contributed by atoms with van der Waals surface area (Å²) >= 11 is 2.72. The van der Waals surface area contributed by atoms with Crippen LogP contribution in [-0.2, 0) is 0 Å². The SMILES string of the molecule is C[Si]1(C)CSC[Si](C)(C)C[Te]C1. The van der Waals surface area contributed by atoms with Gasteiger partial charge in [-0.15, -0.1) is 0 Å². The van der Waals surface area contributed by atoms with Gasteiger partial charge in [-0.1, -0.05) is 0 Å². The Bertz CT molecular complexity index is 129. The Hall–Kier alpha value is 1.57. The summed E-state index contributed by atoms with van der Waals surface area (Å²) in [6.45, 7) is 10.4. The minimum atomic E-state index is -0.693. The van der Waals surface area contributed by atoms with Crippen LogP contribution in [0.15, 0.2) is 0 Å². The molecule has 0 atom stereocenters. The maximum absolute atomic E-state index is 2.59. The zero-order valence-corrected chi connectivity index (χ0v) is 13.8. The topological polar surface area (TPSA) is 0 Å². The van der Waals surface area contributed by atoms with Gasteiger partial charge in [-0.05, 0) is 0 Å². The molecule has 0 aromatic rings. The molecule has 0 nitrogen and oxygen atoms in total. The van der Waals surface area contributed by atoms with E-state index < -0.39 is 16.1 Å². The Labute approximate surface area is 93.4 Å². The molecule has 1 aliphatic heterocycles. The van der Waals surface area contributed by atoms with Gasteiger partial charge < -0.3 is 0 Å². The van der Waals surface area contributed by atoms with Crippen LogP contribution in [0.3, 0.4) is 0 Å². The number of thioether (sulfide) groups is 1. The van der Waals surface area contributed by atoms with Crippen LogP contribution >= 0.6 is 11.8 Å². The van der Waals surface area contributed by atoms with Crippen LogP contribution in [0.2, 0.25) is 34.4 Å². The van der Waals surface area contributed by atoms with E-state index in [9.17, 15) is 0 Å². The first-order chi connectivity index (χ1) is 5.41. The van der Waals surface area contributed by atoms with Gasteiger partial charge in [0.15, 0.2) is 0 Å². The molecular formula is C8H20SSi2Te. The second-order valence-corrected chi connectivity index (χ2v) is 23.4. The van der Waals surface area contributed by atoms with Crippen molar-refractivity contribution < 1.29 is 0 Å². The third kappa shape index (κ3) is 4.19. The second kappa shape index (κ2) is 4.40. The van der Waals surface area contributed by atoms with E-state index in [-0.39, 0.29) is 0 Å². The summed E-state index contributed by atoms with van der Waals surface area (Å²) in [7, 11) is -1.39. The molecule has 1 saturated heterocycles. The molecule has 0 N–H and O–H groups in total. The molecule has 1 fully saturated rings. The van der Waals surface area contributed by atoms with Crippen molar-refractivity contribution in [2.24, 2.45) is 0 Å². The molecule has 1 aliphatic rings. The standard InChI is InChI=1S/C8H20SSi2Te/c1-10(2)5-9-6-11(3,4)8-12-7-10/h5-8H2,1-4H3. The summed E-state index contributed by atoms with van der Waals surface area (Å²) in [5, 5.41) is 3.10. The molecule has 12 heavy (non-hydrogen) atoms. The fraction of sp³-hybridized carbons (Fsp3) is 1.00. The van der Waals surface area contributed by atoms with Crippen LogP contribution in [0.4, 0.5) is 0 Å². The average molecular weight is 332 g/mol. The predicted octanol–water partition coefficient (Wildman–Crippen LogP) is 2.85. The van der Waals surface area contributed by atoms with Gasteiger partial charge in [0.25, 0.3) is 0 Å². The molecule has 0 radical (unpaired) electrons. The van der Waals surface area contributed by atoms with Gasteiger partial charge in [-0.2, -0.15) is 0 Å². The minimum absolute atomic E-state index is 0.429. The number of rotatable bonds is 0. The first kappa shape index (κ1) is 11.6. The Balaban J connectivity index is 2.45. The molecule has 0 aromatic carbocycles. The van der Waals surface area contributed by atoms with Crippen molar-refractivity contribution in [2.75, 3.05) is 10.8 Å². The Morgan fingerprint density at radius 1 is 0.917 bits per heavy atom. The summed E-state index contributed by atoms with van der Waals surface area (Å²) in [6, 6.07) is 0. The van der Waals surface area contributed by atoms with Crippen molar-refractivity contribution in [1.82, 2.24) is 0 Å². The third-order valence-electron chi connectivity index (χ3n) is 1.97. The Morgan fingerprint density at radius 2 is 1.33 bits per heavy atom. The Morgan fingerprint density at radius 3 is 1.75 bits per heavy atom. The van der Waals surface area contributed by atoms with Gasteiger partial charge in [-0.3, -0.25) is 0 Å². The fourth-order valence-corrected chi connectivity index (χ4v) is 25.6. The third-order valence-corrected chi connectivity index (χ3v) is 28.7. The number of hydrogen-bond donors (Lipinski definition) is 0. The summed E-state index contributed by atoms with van der Waals surface area (Å²) < 4.78 is 3.42. The van der Waals surface area contributed by atoms with Crippen LogP contribution < -0.4 is 0 Å². The zero-order chi connectivity index (χ0) is 9.24. The molecule has 1 heterocycles. The van der Waals surface area contributed by atoms with Crippen LogP contribution in [0.1, 0.15) is 0 Å². The molecule has 0 aromatic heterocycles. The van der Waals surface area contributed by atoms with Crippen LogP contribution in [0, 0.1) is 0 Å². The van der Waals surface area contributed by atoms with E-state index in [2.05, 4.69) is 37.9 Å². The molecule has 0 unspecified atom stereocenters. The van der Waals surface area contributed by atoms with E-state index in [1.165, 1.54) is 0 Å². The van der Waals surface area contributed by atoms with E-state index in [4.69, 9.17) is 0 Å². The van der Waals surface area contributed by atoms with Gasteiger partial charge in [0.2, 0.25) is 0 Å². The van der Waals surface area contributed by atoms with Crippen molar-refractivity contribution >= 4 is 48.8 Å². The monoisotopic (exact) mass is 334 g/mol. The van der Waals surface area contributed by atoms with Crippen LogP contribution in [-0.4, -0.2) is 47.8 Å². The first-order valence-corrected chi connectivity index (χ1v) is 15.8. The molecule has 0 amide bonds. The molecule has 0 bridgehead atoms. The van der Waals surface area contributed by atoms with Crippen LogP contribution in [0.25, 0.3) is 0 Å². The van der Waals surface area contributed by atoms with Crippen molar-refractivity contribution in [2.45, 2.75) is 34.4 Å². The molecular weight excluding hydrogens is 312 g/mol. The maximum atomic E-state index is 2.59. The van der Waals surface area contributed by atoms with Gasteiger partial charge in [0.1, 0.15) is 0 Å². The van der Waals surface area contributed by atoms with Crippen molar-refractivity contribution in [3.63, 3.8) is 0 Å². The van der Waals surface area contributed by atoms with E-state index in [0.717, 1.165) is 0 Å². The average Bonchev–Trinajstić information content (AvgIpc) is 1.82. The van der Waals surface area contributed by atoms with Gasteiger partial charge >= 0.3 is 94.0 Å². The van der Waals surface area contributed by atoms with Crippen molar-refractivity contribution in [1.29, 1.82) is 0 Å². The summed E-state index contributed by atoms with van der Waals surface area (Å²) in [4.78, 5) is 0. The molecule has 1 rings (SSSR count). The summed E-state index contributed by atoms with van der Waals surface area (Å²) in [5.41, 5.74) is 0. The van der Waals surface area contributed by atoms with Crippen LogP contribution in [0.5, 0.6) is 0 Å².